The fraction of sp³-hybridized carbons (Fsp3) is 0.907. The third kappa shape index (κ3) is 9.77. The van der Waals surface area contributed by atoms with Crippen LogP contribution in [0.3, 0.4) is 0 Å². The zero-order valence-corrected chi connectivity index (χ0v) is 31.8. The predicted molar refractivity (Wildman–Crippen MR) is 195 cm³/mol. The molecular weight excluding hydrogens is 641 g/mol. The van der Waals surface area contributed by atoms with E-state index < -0.39 is 36.5 Å². The minimum Gasteiger partial charge on any atom is -0.388 e. The van der Waals surface area contributed by atoms with Crippen molar-refractivity contribution in [3.8, 4) is 0 Å². The number of rotatable bonds is 11. The Labute approximate surface area is 301 Å². The zero-order chi connectivity index (χ0) is 36.2. The summed E-state index contributed by atoms with van der Waals surface area (Å²) in [5.74, 6) is -0.396. The van der Waals surface area contributed by atoms with E-state index in [1.54, 1.807) is 6.92 Å². The van der Waals surface area contributed by atoms with Crippen LogP contribution >= 0.6 is 0 Å². The maximum atomic E-state index is 14.7. The third-order valence-electron chi connectivity index (χ3n) is 15.2. The highest BCUT2D eigenvalue weighted by atomic mass is 19.4. The van der Waals surface area contributed by atoms with Gasteiger partial charge < -0.3 is 10.0 Å². The molecule has 1 N–H and O–H groups in total. The average Bonchev–Trinajstić information content (AvgIpc) is 3.32. The van der Waals surface area contributed by atoms with Gasteiger partial charge in [0, 0.05) is 12.5 Å². The predicted octanol–water partition coefficient (Wildman–Crippen LogP) is 12.1. The van der Waals surface area contributed by atoms with Gasteiger partial charge in [-0.15, -0.1) is 0 Å². The van der Waals surface area contributed by atoms with Crippen LogP contribution in [0.2, 0.25) is 0 Å². The number of aliphatic hydroxyl groups excluding tert-OH is 1. The molecule has 0 bridgehead atoms. The zero-order valence-electron chi connectivity index (χ0n) is 31.8. The van der Waals surface area contributed by atoms with Crippen LogP contribution in [0.1, 0.15) is 137 Å². The lowest BCUT2D eigenvalue weighted by molar-refractivity contribution is -0.202. The minimum atomic E-state index is -4.28. The van der Waals surface area contributed by atoms with Crippen LogP contribution in [0.4, 0.5) is 22.0 Å². The van der Waals surface area contributed by atoms with Crippen molar-refractivity contribution in [1.82, 2.24) is 4.90 Å². The van der Waals surface area contributed by atoms with E-state index in [-0.39, 0.29) is 41.9 Å². The summed E-state index contributed by atoms with van der Waals surface area (Å²) in [6, 6.07) is 0. The summed E-state index contributed by atoms with van der Waals surface area (Å²) in [5, 5.41) is 11.8. The van der Waals surface area contributed by atoms with Gasteiger partial charge in [0.25, 0.3) is 0 Å². The monoisotopic (exact) mass is 712 g/mol. The first-order chi connectivity index (χ1) is 23.8. The quantitative estimate of drug-likeness (QED) is 0.170. The number of hydrogen-bond donors (Lipinski definition) is 1. The molecule has 7 heteroatoms. The van der Waals surface area contributed by atoms with Crippen molar-refractivity contribution in [3.63, 3.8) is 0 Å². The Bertz CT molecular complexity index is 1090. The van der Waals surface area contributed by atoms with Gasteiger partial charge >= 0.3 is 6.18 Å². The second-order valence-corrected chi connectivity index (χ2v) is 18.1. The maximum Gasteiger partial charge on any atom is 0.392 e. The molecule has 50 heavy (non-hydrogen) atoms. The van der Waals surface area contributed by atoms with E-state index in [4.69, 9.17) is 0 Å². The van der Waals surface area contributed by atoms with E-state index in [1.165, 1.54) is 37.7 Å². The summed E-state index contributed by atoms with van der Waals surface area (Å²) in [7, 11) is 0. The van der Waals surface area contributed by atoms with E-state index in [0.29, 0.717) is 31.4 Å². The summed E-state index contributed by atoms with van der Waals surface area (Å²) in [6.45, 7) is 15.0. The highest BCUT2D eigenvalue weighted by Crippen LogP contribution is 2.51. The van der Waals surface area contributed by atoms with Gasteiger partial charge in [0.05, 0.1) is 12.0 Å². The number of hydrogen-bond acceptors (Lipinski definition) is 2. The number of allylic oxidation sites excluding steroid dienone is 2. The first-order valence-electron chi connectivity index (χ1n) is 20.9. The lowest BCUT2D eigenvalue weighted by atomic mass is 9.61. The van der Waals surface area contributed by atoms with Crippen molar-refractivity contribution in [2.45, 2.75) is 156 Å². The van der Waals surface area contributed by atoms with Crippen molar-refractivity contribution < 1.29 is 27.1 Å². The Morgan fingerprint density at radius 1 is 0.900 bits per heavy atom. The fourth-order valence-electron chi connectivity index (χ4n) is 11.7. The summed E-state index contributed by atoms with van der Waals surface area (Å²) >= 11 is 0. The van der Waals surface area contributed by atoms with Crippen LogP contribution in [-0.2, 0) is 0 Å². The molecular formula is C43H70F5NO. The summed E-state index contributed by atoms with van der Waals surface area (Å²) < 4.78 is 72.9. The number of alkyl halides is 5. The number of piperidine rings is 1. The highest BCUT2D eigenvalue weighted by molar-refractivity contribution is 5.17. The molecule has 0 aromatic heterocycles. The molecule has 5 aliphatic rings. The van der Waals surface area contributed by atoms with Crippen LogP contribution in [0.15, 0.2) is 23.8 Å². The Kier molecular flexibility index (Phi) is 14.4. The van der Waals surface area contributed by atoms with Gasteiger partial charge in [-0.2, -0.15) is 13.2 Å². The first-order valence-corrected chi connectivity index (χ1v) is 20.9. The normalized spacial score (nSPS) is 37.5. The van der Waals surface area contributed by atoms with E-state index in [2.05, 4.69) is 38.3 Å². The van der Waals surface area contributed by atoms with Crippen LogP contribution in [0.25, 0.3) is 0 Å². The molecule has 0 aromatic carbocycles. The van der Waals surface area contributed by atoms with Gasteiger partial charge in [-0.25, -0.2) is 8.78 Å². The number of likely N-dealkylation sites (tertiary alicyclic amines) is 1. The van der Waals surface area contributed by atoms with Gasteiger partial charge in [0.15, 0.2) is 0 Å². The standard InChI is InChI=1S/C43H70F5NO/c1-6-31-13-16-32(17-14-31)33-20-22-49(23-21-33)26-36-19-18-34(25-39(36)43(46,47)48)29(4)41(50)35-15-12-28(3)38(24-35)40(30(5)42(44)45)37-11-9-7-8-10-27(37)2/h11,27-28,30-36,38-42,50H,4,6-10,12-26H2,1-3,5H3. The summed E-state index contributed by atoms with van der Waals surface area (Å²) in [4.78, 5) is 2.31. The van der Waals surface area contributed by atoms with E-state index in [0.717, 1.165) is 82.2 Å². The molecule has 2 nitrogen and oxygen atoms in total. The smallest absolute Gasteiger partial charge is 0.388 e. The van der Waals surface area contributed by atoms with Crippen molar-refractivity contribution in [3.05, 3.63) is 23.8 Å². The number of nitrogens with zero attached hydrogens (tertiary/aromatic N) is 1. The Hall–Kier alpha value is -0.950. The Morgan fingerprint density at radius 3 is 2.22 bits per heavy atom. The van der Waals surface area contributed by atoms with E-state index >= 15 is 0 Å². The van der Waals surface area contributed by atoms with Gasteiger partial charge in [-0.3, -0.25) is 0 Å². The fourth-order valence-corrected chi connectivity index (χ4v) is 11.7. The topological polar surface area (TPSA) is 23.5 Å². The number of halogens is 5. The first kappa shape index (κ1) is 40.2. The molecule has 0 amide bonds. The number of aliphatic hydroxyl groups is 1. The SMILES string of the molecule is C=C(C1CCC(CN2CCC(C3CCC(CC)CC3)CC2)C(C(F)(F)F)C1)C(O)C1CCC(C)C(C(C2=CCCCCC2C)C(C)C(F)F)C1. The van der Waals surface area contributed by atoms with Crippen LogP contribution in [0.5, 0.6) is 0 Å². The Balaban J connectivity index is 1.19. The second kappa shape index (κ2) is 17.9. The summed E-state index contributed by atoms with van der Waals surface area (Å²) in [5.41, 5.74) is 1.73. The van der Waals surface area contributed by atoms with E-state index in [1.807, 2.05) is 0 Å². The lowest BCUT2D eigenvalue weighted by Crippen LogP contribution is -2.46. The molecule has 1 saturated heterocycles. The Morgan fingerprint density at radius 2 is 1.58 bits per heavy atom. The molecule has 0 aromatic rings. The molecule has 4 fully saturated rings. The van der Waals surface area contributed by atoms with Gasteiger partial charge in [-0.1, -0.05) is 78.0 Å². The molecule has 0 radical (unpaired) electrons. The molecule has 288 valence electrons. The molecule has 10 unspecified atom stereocenters. The molecule has 5 rings (SSSR count). The van der Waals surface area contributed by atoms with E-state index in [9.17, 15) is 27.1 Å². The molecule has 0 spiro atoms. The van der Waals surface area contributed by atoms with Gasteiger partial charge in [0.2, 0.25) is 6.43 Å². The molecule has 1 aliphatic heterocycles. The van der Waals surface area contributed by atoms with Crippen molar-refractivity contribution >= 4 is 0 Å². The average molecular weight is 712 g/mol. The van der Waals surface area contributed by atoms with Gasteiger partial charge in [-0.05, 0) is 155 Å². The van der Waals surface area contributed by atoms with Crippen LogP contribution < -0.4 is 0 Å². The lowest BCUT2D eigenvalue weighted by Gasteiger charge is -2.46. The third-order valence-corrected chi connectivity index (χ3v) is 15.2. The molecule has 3 saturated carbocycles. The van der Waals surface area contributed by atoms with Gasteiger partial charge in [0.1, 0.15) is 0 Å². The van der Waals surface area contributed by atoms with Crippen molar-refractivity contribution in [2.24, 2.45) is 71.0 Å². The largest absolute Gasteiger partial charge is 0.392 e. The van der Waals surface area contributed by atoms with Crippen LogP contribution in [-0.4, -0.2) is 48.3 Å². The molecule has 4 aliphatic carbocycles. The van der Waals surface area contributed by atoms with Crippen molar-refractivity contribution in [1.29, 1.82) is 0 Å². The molecule has 1 heterocycles. The highest BCUT2D eigenvalue weighted by Gasteiger charge is 2.50. The second-order valence-electron chi connectivity index (χ2n) is 18.1. The maximum absolute atomic E-state index is 14.7. The van der Waals surface area contributed by atoms with Crippen molar-refractivity contribution in [2.75, 3.05) is 19.6 Å². The summed E-state index contributed by atoms with van der Waals surface area (Å²) in [6.07, 6.45) is 11.0. The van der Waals surface area contributed by atoms with Crippen LogP contribution in [0, 0.1) is 71.0 Å². The molecule has 10 atom stereocenters. The minimum absolute atomic E-state index is 0.00316.